The Labute approximate surface area is 217 Å². The SMILES string of the molecule is CCCCCCCCCCCCCCCCCCCCCCCCC[Si](C)(C)c1ccccc1. The van der Waals surface area contributed by atoms with E-state index in [-0.39, 0.29) is 0 Å². The molecular weight excluding hydrogens is 424 g/mol. The minimum absolute atomic E-state index is 1.20. The van der Waals surface area contributed by atoms with Gasteiger partial charge >= 0.3 is 0 Å². The fraction of sp³-hybridized carbons (Fsp3) is 0.818. The van der Waals surface area contributed by atoms with Crippen LogP contribution in [-0.2, 0) is 0 Å². The minimum atomic E-state index is -1.20. The lowest BCUT2D eigenvalue weighted by Crippen LogP contribution is -2.40. The van der Waals surface area contributed by atoms with Crippen LogP contribution in [-0.4, -0.2) is 8.07 Å². The first kappa shape index (κ1) is 31.5. The highest BCUT2D eigenvalue weighted by molar-refractivity contribution is 6.89. The summed E-state index contributed by atoms with van der Waals surface area (Å²) in [6.45, 7) is 7.39. The summed E-state index contributed by atoms with van der Waals surface area (Å²) in [5.74, 6) is 0. The van der Waals surface area contributed by atoms with Crippen molar-refractivity contribution in [3.8, 4) is 0 Å². The molecule has 0 aliphatic heterocycles. The van der Waals surface area contributed by atoms with Crippen molar-refractivity contribution in [1.29, 1.82) is 0 Å². The molecule has 34 heavy (non-hydrogen) atoms. The van der Waals surface area contributed by atoms with E-state index in [1.807, 2.05) is 0 Å². The van der Waals surface area contributed by atoms with Gasteiger partial charge in [-0.3, -0.25) is 0 Å². The van der Waals surface area contributed by atoms with Crippen molar-refractivity contribution >= 4 is 13.3 Å². The number of hydrogen-bond acceptors (Lipinski definition) is 0. The van der Waals surface area contributed by atoms with Gasteiger partial charge in [-0.15, -0.1) is 0 Å². The van der Waals surface area contributed by atoms with E-state index in [4.69, 9.17) is 0 Å². The van der Waals surface area contributed by atoms with E-state index in [9.17, 15) is 0 Å². The topological polar surface area (TPSA) is 0 Å². The molecular formula is C33H62Si. The van der Waals surface area contributed by atoms with E-state index in [0.717, 1.165) is 0 Å². The maximum Gasteiger partial charge on any atom is 0.0806 e. The van der Waals surface area contributed by atoms with Crippen molar-refractivity contribution in [2.75, 3.05) is 0 Å². The first-order valence-electron chi connectivity index (χ1n) is 15.7. The second-order valence-electron chi connectivity index (χ2n) is 11.8. The molecule has 1 aromatic rings. The molecule has 1 heteroatoms. The Morgan fingerprint density at radius 1 is 0.412 bits per heavy atom. The van der Waals surface area contributed by atoms with Crippen molar-refractivity contribution < 1.29 is 0 Å². The summed E-state index contributed by atoms with van der Waals surface area (Å²) in [6, 6.07) is 12.7. The van der Waals surface area contributed by atoms with Crippen LogP contribution in [0.5, 0.6) is 0 Å². The highest BCUT2D eigenvalue weighted by Gasteiger charge is 2.21. The highest BCUT2D eigenvalue weighted by atomic mass is 28.3. The minimum Gasteiger partial charge on any atom is -0.0654 e. The average molecular weight is 487 g/mol. The molecule has 0 fully saturated rings. The molecule has 0 atom stereocenters. The molecule has 1 aromatic carbocycles. The number of benzene rings is 1. The zero-order chi connectivity index (χ0) is 24.6. The Bertz CT molecular complexity index is 521. The molecule has 0 aliphatic rings. The van der Waals surface area contributed by atoms with E-state index in [1.54, 1.807) is 5.19 Å². The Hall–Kier alpha value is -0.563. The van der Waals surface area contributed by atoms with Gasteiger partial charge in [0.2, 0.25) is 0 Å². The van der Waals surface area contributed by atoms with Crippen LogP contribution < -0.4 is 5.19 Å². The van der Waals surface area contributed by atoms with Gasteiger partial charge in [0.15, 0.2) is 0 Å². The van der Waals surface area contributed by atoms with Crippen LogP contribution in [0.15, 0.2) is 30.3 Å². The second kappa shape index (κ2) is 22.9. The van der Waals surface area contributed by atoms with Gasteiger partial charge in [-0.25, -0.2) is 0 Å². The monoisotopic (exact) mass is 486 g/mol. The Balaban J connectivity index is 1.73. The van der Waals surface area contributed by atoms with E-state index in [0.29, 0.717) is 0 Å². The number of unbranched alkanes of at least 4 members (excludes halogenated alkanes) is 22. The van der Waals surface area contributed by atoms with Crippen LogP contribution in [0, 0.1) is 0 Å². The molecule has 0 amide bonds. The Morgan fingerprint density at radius 3 is 1.03 bits per heavy atom. The third-order valence-electron chi connectivity index (χ3n) is 7.96. The molecule has 0 heterocycles. The van der Waals surface area contributed by atoms with E-state index in [2.05, 4.69) is 50.3 Å². The Kier molecular flexibility index (Phi) is 21.2. The van der Waals surface area contributed by atoms with Crippen LogP contribution in [0.4, 0.5) is 0 Å². The van der Waals surface area contributed by atoms with E-state index in [1.165, 1.54) is 154 Å². The molecule has 0 N–H and O–H groups in total. The van der Waals surface area contributed by atoms with E-state index >= 15 is 0 Å². The third kappa shape index (κ3) is 18.7. The van der Waals surface area contributed by atoms with Gasteiger partial charge < -0.3 is 0 Å². The first-order chi connectivity index (χ1) is 16.7. The van der Waals surface area contributed by atoms with E-state index < -0.39 is 8.07 Å². The summed E-state index contributed by atoms with van der Waals surface area (Å²) in [6.07, 6.45) is 33.8. The van der Waals surface area contributed by atoms with Crippen LogP contribution in [0.2, 0.25) is 19.1 Å². The lowest BCUT2D eigenvalue weighted by atomic mass is 10.0. The number of rotatable bonds is 25. The zero-order valence-corrected chi connectivity index (χ0v) is 24.9. The van der Waals surface area contributed by atoms with Gasteiger partial charge in [-0.1, -0.05) is 209 Å². The van der Waals surface area contributed by atoms with Gasteiger partial charge in [0.1, 0.15) is 0 Å². The van der Waals surface area contributed by atoms with Crippen LogP contribution >= 0.6 is 0 Å². The highest BCUT2D eigenvalue weighted by Crippen LogP contribution is 2.18. The quantitative estimate of drug-likeness (QED) is 0.0951. The van der Waals surface area contributed by atoms with Gasteiger partial charge in [-0.05, 0) is 0 Å². The molecule has 0 saturated carbocycles. The largest absolute Gasteiger partial charge is 0.0806 e. The summed E-state index contributed by atoms with van der Waals surface area (Å²) >= 11 is 0. The van der Waals surface area contributed by atoms with Gasteiger partial charge in [0, 0.05) is 0 Å². The van der Waals surface area contributed by atoms with Crippen molar-refractivity contribution in [2.24, 2.45) is 0 Å². The number of hydrogen-bond donors (Lipinski definition) is 0. The van der Waals surface area contributed by atoms with Crippen molar-refractivity contribution in [3.63, 3.8) is 0 Å². The summed E-state index contributed by atoms with van der Waals surface area (Å²) < 4.78 is 0. The zero-order valence-electron chi connectivity index (χ0n) is 23.9. The van der Waals surface area contributed by atoms with Crippen LogP contribution in [0.3, 0.4) is 0 Å². The van der Waals surface area contributed by atoms with Crippen LogP contribution in [0.25, 0.3) is 0 Å². The molecule has 0 saturated heterocycles. The predicted molar refractivity (Wildman–Crippen MR) is 160 cm³/mol. The molecule has 0 aromatic heterocycles. The second-order valence-corrected chi connectivity index (χ2v) is 16.6. The molecule has 1 rings (SSSR count). The third-order valence-corrected chi connectivity index (χ3v) is 11.5. The fourth-order valence-electron chi connectivity index (χ4n) is 5.39. The van der Waals surface area contributed by atoms with Crippen molar-refractivity contribution in [1.82, 2.24) is 0 Å². The standard InChI is InChI=1S/C33H62Si/c1-4-5-6-7-8-9-10-11-12-13-14-15-16-17-18-19-20-21-22-23-24-25-29-32-34(2,3)33-30-27-26-28-31-33/h26-28,30-31H,4-25,29,32H2,1-3H3. The first-order valence-corrected chi connectivity index (χ1v) is 18.9. The summed E-state index contributed by atoms with van der Waals surface area (Å²) in [5, 5.41) is 1.63. The normalized spacial score (nSPS) is 11.9. The maximum atomic E-state index is 2.54. The molecule has 0 unspecified atom stereocenters. The van der Waals surface area contributed by atoms with Crippen molar-refractivity contribution in [2.45, 2.75) is 174 Å². The summed E-state index contributed by atoms with van der Waals surface area (Å²) in [7, 11) is -1.20. The van der Waals surface area contributed by atoms with Gasteiger partial charge in [0.25, 0.3) is 0 Å². The fourth-order valence-corrected chi connectivity index (χ4v) is 7.90. The molecule has 0 radical (unpaired) electrons. The Morgan fingerprint density at radius 2 is 0.706 bits per heavy atom. The molecule has 0 spiro atoms. The average Bonchev–Trinajstić information content (AvgIpc) is 2.85. The van der Waals surface area contributed by atoms with Crippen LogP contribution in [0.1, 0.15) is 155 Å². The molecule has 0 aliphatic carbocycles. The smallest absolute Gasteiger partial charge is 0.0654 e. The van der Waals surface area contributed by atoms with Gasteiger partial charge in [0.05, 0.1) is 8.07 Å². The summed E-state index contributed by atoms with van der Waals surface area (Å²) in [4.78, 5) is 0. The predicted octanol–water partition coefficient (Wildman–Crippen LogP) is 11.6. The molecule has 0 nitrogen and oxygen atoms in total. The molecule has 0 bridgehead atoms. The molecule has 198 valence electrons. The lowest BCUT2D eigenvalue weighted by molar-refractivity contribution is 0.518. The lowest BCUT2D eigenvalue weighted by Gasteiger charge is -2.22. The maximum absolute atomic E-state index is 2.54. The van der Waals surface area contributed by atoms with Crippen molar-refractivity contribution in [3.05, 3.63) is 30.3 Å². The van der Waals surface area contributed by atoms with Gasteiger partial charge in [-0.2, -0.15) is 0 Å². The summed E-state index contributed by atoms with van der Waals surface area (Å²) in [5.41, 5.74) is 0.